The van der Waals surface area contributed by atoms with E-state index in [4.69, 9.17) is 0 Å². The average molecular weight is 271 g/mol. The fraction of sp³-hybridized carbons (Fsp3) is 0.571. The Morgan fingerprint density at radius 1 is 1.33 bits per heavy atom. The maximum atomic E-state index is 13.8. The number of nitrogens with one attached hydrogen (secondary N) is 1. The van der Waals surface area contributed by atoms with Crippen molar-refractivity contribution in [3.63, 3.8) is 0 Å². The van der Waals surface area contributed by atoms with Crippen LogP contribution in [0.15, 0.2) is 18.2 Å². The maximum absolute atomic E-state index is 13.8. The Hall–Kier alpha value is -0.610. The Labute approximate surface area is 111 Å². The summed E-state index contributed by atoms with van der Waals surface area (Å²) in [5, 5.41) is 3.12. The number of hydrogen-bond donors (Lipinski definition) is 1. The highest BCUT2D eigenvalue weighted by molar-refractivity contribution is 7.99. The van der Waals surface area contributed by atoms with E-state index in [1.807, 2.05) is 18.8 Å². The monoisotopic (exact) mass is 271 g/mol. The second-order valence-electron chi connectivity index (χ2n) is 4.80. The van der Waals surface area contributed by atoms with Gasteiger partial charge in [0.25, 0.3) is 0 Å². The molecule has 0 radical (unpaired) electrons. The van der Waals surface area contributed by atoms with E-state index in [-0.39, 0.29) is 17.7 Å². The van der Waals surface area contributed by atoms with E-state index < -0.39 is 0 Å². The van der Waals surface area contributed by atoms with Crippen LogP contribution in [0.1, 0.15) is 30.9 Å². The second kappa shape index (κ2) is 6.53. The number of benzene rings is 1. The molecule has 4 heteroatoms. The van der Waals surface area contributed by atoms with E-state index in [0.29, 0.717) is 11.5 Å². The van der Waals surface area contributed by atoms with Gasteiger partial charge in [0.1, 0.15) is 11.6 Å². The Morgan fingerprint density at radius 2 is 2.06 bits per heavy atom. The van der Waals surface area contributed by atoms with Gasteiger partial charge in [-0.15, -0.1) is 0 Å². The van der Waals surface area contributed by atoms with Gasteiger partial charge in [0.05, 0.1) is 0 Å². The lowest BCUT2D eigenvalue weighted by atomic mass is 9.90. The lowest BCUT2D eigenvalue weighted by molar-refractivity contribution is 0.375. The predicted octanol–water partition coefficient (Wildman–Crippen LogP) is 3.76. The molecule has 1 unspecified atom stereocenters. The largest absolute Gasteiger partial charge is 0.313 e. The molecule has 1 aliphatic heterocycles. The minimum atomic E-state index is -0.370. The van der Waals surface area contributed by atoms with E-state index in [0.717, 1.165) is 6.42 Å². The van der Waals surface area contributed by atoms with Gasteiger partial charge in [-0.25, -0.2) is 8.78 Å². The standard InChI is InChI=1S/C14H19F2NS/c1-17-14(8-10-4-6-18-7-5-10)12-9-11(15)2-3-13(12)16/h2-3,9-10,14,17H,4-8H2,1H3. The molecule has 1 saturated heterocycles. The van der Waals surface area contributed by atoms with E-state index in [9.17, 15) is 8.78 Å². The molecule has 0 saturated carbocycles. The maximum Gasteiger partial charge on any atom is 0.128 e. The van der Waals surface area contributed by atoms with E-state index >= 15 is 0 Å². The molecule has 1 aliphatic rings. The topological polar surface area (TPSA) is 12.0 Å². The summed E-state index contributed by atoms with van der Waals surface area (Å²) in [6.07, 6.45) is 3.25. The SMILES string of the molecule is CNC(CC1CCSCC1)c1cc(F)ccc1F. The van der Waals surface area contributed by atoms with Crippen molar-refractivity contribution in [1.29, 1.82) is 0 Å². The third-order valence-corrected chi connectivity index (χ3v) is 4.64. The summed E-state index contributed by atoms with van der Waals surface area (Å²) in [5.74, 6) is 2.30. The van der Waals surface area contributed by atoms with Gasteiger partial charge in [0, 0.05) is 11.6 Å². The highest BCUT2D eigenvalue weighted by Crippen LogP contribution is 2.31. The van der Waals surface area contributed by atoms with E-state index in [2.05, 4.69) is 5.32 Å². The molecule has 0 amide bonds. The van der Waals surface area contributed by atoms with Crippen molar-refractivity contribution in [2.75, 3.05) is 18.6 Å². The third-order valence-electron chi connectivity index (χ3n) is 3.59. The predicted molar refractivity (Wildman–Crippen MR) is 72.8 cm³/mol. The van der Waals surface area contributed by atoms with Gasteiger partial charge in [0.15, 0.2) is 0 Å². The van der Waals surface area contributed by atoms with Gasteiger partial charge in [0.2, 0.25) is 0 Å². The average Bonchev–Trinajstić information content (AvgIpc) is 2.40. The van der Waals surface area contributed by atoms with Gasteiger partial charge >= 0.3 is 0 Å². The summed E-state index contributed by atoms with van der Waals surface area (Å²) in [6.45, 7) is 0. The van der Waals surface area contributed by atoms with Crippen LogP contribution in [0.5, 0.6) is 0 Å². The van der Waals surface area contributed by atoms with Crippen molar-refractivity contribution in [2.24, 2.45) is 5.92 Å². The molecule has 0 aliphatic carbocycles. The van der Waals surface area contributed by atoms with Crippen LogP contribution < -0.4 is 5.32 Å². The summed E-state index contributed by atoms with van der Waals surface area (Å²) >= 11 is 1.98. The van der Waals surface area contributed by atoms with Crippen molar-refractivity contribution < 1.29 is 8.78 Å². The molecule has 100 valence electrons. The van der Waals surface area contributed by atoms with Crippen LogP contribution in [0.25, 0.3) is 0 Å². The van der Waals surface area contributed by atoms with Crippen LogP contribution in [0.4, 0.5) is 8.78 Å². The fourth-order valence-corrected chi connectivity index (χ4v) is 3.70. The smallest absolute Gasteiger partial charge is 0.128 e. The molecule has 0 spiro atoms. The molecule has 1 aromatic carbocycles. The molecular formula is C14H19F2NS. The first-order valence-electron chi connectivity index (χ1n) is 6.40. The molecule has 18 heavy (non-hydrogen) atoms. The molecule has 1 nitrogen and oxygen atoms in total. The molecule has 1 fully saturated rings. The Morgan fingerprint density at radius 3 is 2.72 bits per heavy atom. The Bertz CT molecular complexity index is 391. The summed E-state index contributed by atoms with van der Waals surface area (Å²) < 4.78 is 27.0. The third kappa shape index (κ3) is 3.45. The lowest BCUT2D eigenvalue weighted by Crippen LogP contribution is -2.23. The lowest BCUT2D eigenvalue weighted by Gasteiger charge is -2.26. The summed E-state index contributed by atoms with van der Waals surface area (Å²) in [4.78, 5) is 0. The van der Waals surface area contributed by atoms with E-state index in [1.165, 1.54) is 42.5 Å². The van der Waals surface area contributed by atoms with Gasteiger partial charge in [-0.1, -0.05) is 0 Å². The second-order valence-corrected chi connectivity index (χ2v) is 6.02. The van der Waals surface area contributed by atoms with Crippen LogP contribution in [0.2, 0.25) is 0 Å². The molecule has 2 rings (SSSR count). The first-order chi connectivity index (χ1) is 8.70. The Balaban J connectivity index is 2.09. The molecule has 0 bridgehead atoms. The Kier molecular flexibility index (Phi) is 5.01. The van der Waals surface area contributed by atoms with Gasteiger partial charge < -0.3 is 5.32 Å². The van der Waals surface area contributed by atoms with Gasteiger partial charge in [-0.3, -0.25) is 0 Å². The fourth-order valence-electron chi connectivity index (χ4n) is 2.50. The zero-order chi connectivity index (χ0) is 13.0. The first-order valence-corrected chi connectivity index (χ1v) is 7.56. The summed E-state index contributed by atoms with van der Waals surface area (Å²) in [6, 6.07) is 3.61. The molecule has 1 N–H and O–H groups in total. The number of hydrogen-bond acceptors (Lipinski definition) is 2. The minimum absolute atomic E-state index is 0.0891. The van der Waals surface area contributed by atoms with Gasteiger partial charge in [-0.2, -0.15) is 11.8 Å². The van der Waals surface area contributed by atoms with Crippen molar-refractivity contribution in [3.05, 3.63) is 35.4 Å². The number of halogens is 2. The zero-order valence-corrected chi connectivity index (χ0v) is 11.4. The highest BCUT2D eigenvalue weighted by atomic mass is 32.2. The first kappa shape index (κ1) is 13.8. The zero-order valence-electron chi connectivity index (χ0n) is 10.6. The molecule has 1 heterocycles. The van der Waals surface area contributed by atoms with E-state index in [1.54, 1.807) is 0 Å². The quantitative estimate of drug-likeness (QED) is 0.895. The van der Waals surface area contributed by atoms with Crippen molar-refractivity contribution in [1.82, 2.24) is 5.32 Å². The molecule has 1 atom stereocenters. The summed E-state index contributed by atoms with van der Waals surface area (Å²) in [5.41, 5.74) is 0.454. The van der Waals surface area contributed by atoms with Crippen molar-refractivity contribution >= 4 is 11.8 Å². The normalized spacial score (nSPS) is 18.8. The molecule has 0 aromatic heterocycles. The minimum Gasteiger partial charge on any atom is -0.313 e. The van der Waals surface area contributed by atoms with Crippen LogP contribution in [-0.2, 0) is 0 Å². The number of thioether (sulfide) groups is 1. The van der Waals surface area contributed by atoms with Crippen molar-refractivity contribution in [2.45, 2.75) is 25.3 Å². The van der Waals surface area contributed by atoms with Crippen LogP contribution in [0, 0.1) is 17.6 Å². The van der Waals surface area contributed by atoms with Crippen LogP contribution in [0.3, 0.4) is 0 Å². The molecule has 1 aromatic rings. The van der Waals surface area contributed by atoms with Crippen LogP contribution >= 0.6 is 11.8 Å². The molecular weight excluding hydrogens is 252 g/mol. The van der Waals surface area contributed by atoms with Crippen molar-refractivity contribution in [3.8, 4) is 0 Å². The van der Waals surface area contributed by atoms with Gasteiger partial charge in [-0.05, 0) is 61.9 Å². The van der Waals surface area contributed by atoms with Crippen LogP contribution in [-0.4, -0.2) is 18.6 Å². The highest BCUT2D eigenvalue weighted by Gasteiger charge is 2.21. The summed E-state index contributed by atoms with van der Waals surface area (Å²) in [7, 11) is 1.81. The number of rotatable bonds is 4.